The summed E-state index contributed by atoms with van der Waals surface area (Å²) in [7, 11) is 3.04. The lowest BCUT2D eigenvalue weighted by atomic mass is 10.1. The number of benzene rings is 2. The first kappa shape index (κ1) is 15.9. The van der Waals surface area contributed by atoms with E-state index in [4.69, 9.17) is 13.9 Å². The van der Waals surface area contributed by atoms with E-state index in [0.29, 0.717) is 29.5 Å². The lowest BCUT2D eigenvalue weighted by molar-refractivity contribution is 0.0944. The molecule has 0 aliphatic carbocycles. The highest BCUT2D eigenvalue weighted by atomic mass is 16.5. The molecular formula is C18H18N2O4. The number of aromatic nitrogens is 1. The molecule has 124 valence electrons. The number of amides is 1. The lowest BCUT2D eigenvalue weighted by Gasteiger charge is -2.13. The standard InChI is InChI=1S/C18H18N2O4/c1-11-20-13-9-12(7-8-14(13)24-11)10-19-18(21)17-15(22-2)5-4-6-16(17)23-3/h4-9H,10H2,1-3H3,(H,19,21). The van der Waals surface area contributed by atoms with Gasteiger partial charge in [-0.3, -0.25) is 4.79 Å². The Labute approximate surface area is 139 Å². The summed E-state index contributed by atoms with van der Waals surface area (Å²) in [5, 5.41) is 2.88. The molecule has 3 rings (SSSR count). The van der Waals surface area contributed by atoms with Crippen LogP contribution in [0.25, 0.3) is 11.1 Å². The molecule has 1 aromatic heterocycles. The number of fused-ring (bicyclic) bond motifs is 1. The van der Waals surface area contributed by atoms with Crippen LogP contribution < -0.4 is 14.8 Å². The highest BCUT2D eigenvalue weighted by Crippen LogP contribution is 2.28. The topological polar surface area (TPSA) is 73.6 Å². The van der Waals surface area contributed by atoms with Crippen LogP contribution in [0.1, 0.15) is 21.8 Å². The van der Waals surface area contributed by atoms with Crippen LogP contribution >= 0.6 is 0 Å². The summed E-state index contributed by atoms with van der Waals surface area (Å²) in [6.07, 6.45) is 0. The molecule has 2 aromatic carbocycles. The van der Waals surface area contributed by atoms with Gasteiger partial charge in [-0.2, -0.15) is 0 Å². The number of rotatable bonds is 5. The van der Waals surface area contributed by atoms with Gasteiger partial charge in [-0.25, -0.2) is 4.98 Å². The Morgan fingerprint density at radius 2 is 1.88 bits per heavy atom. The number of carbonyl (C=O) groups excluding carboxylic acids is 1. The smallest absolute Gasteiger partial charge is 0.259 e. The normalized spacial score (nSPS) is 10.6. The second-order valence-corrected chi connectivity index (χ2v) is 5.26. The molecule has 6 nitrogen and oxygen atoms in total. The minimum atomic E-state index is -0.263. The summed E-state index contributed by atoms with van der Waals surface area (Å²) in [5.74, 6) is 1.29. The average Bonchev–Trinajstić information content (AvgIpc) is 2.97. The maximum absolute atomic E-state index is 12.5. The van der Waals surface area contributed by atoms with E-state index in [-0.39, 0.29) is 5.91 Å². The highest BCUT2D eigenvalue weighted by Gasteiger charge is 2.17. The summed E-state index contributed by atoms with van der Waals surface area (Å²) in [5.41, 5.74) is 2.81. The zero-order valence-corrected chi connectivity index (χ0v) is 13.8. The van der Waals surface area contributed by atoms with Crippen molar-refractivity contribution in [1.29, 1.82) is 0 Å². The Hall–Kier alpha value is -3.02. The molecule has 0 bridgehead atoms. The van der Waals surface area contributed by atoms with Gasteiger partial charge < -0.3 is 19.2 Å². The fourth-order valence-corrected chi connectivity index (χ4v) is 2.54. The molecule has 1 heterocycles. The monoisotopic (exact) mass is 326 g/mol. The van der Waals surface area contributed by atoms with E-state index in [1.54, 1.807) is 25.1 Å². The molecule has 0 saturated heterocycles. The molecule has 1 N–H and O–H groups in total. The molecule has 0 fully saturated rings. The summed E-state index contributed by atoms with van der Waals surface area (Å²) in [6, 6.07) is 10.9. The van der Waals surface area contributed by atoms with E-state index in [0.717, 1.165) is 16.7 Å². The summed E-state index contributed by atoms with van der Waals surface area (Å²) in [4.78, 5) is 16.8. The molecule has 1 amide bonds. The van der Waals surface area contributed by atoms with Crippen molar-refractivity contribution < 1.29 is 18.7 Å². The number of ether oxygens (including phenoxy) is 2. The van der Waals surface area contributed by atoms with E-state index in [2.05, 4.69) is 10.3 Å². The number of methoxy groups -OCH3 is 2. The second kappa shape index (κ2) is 6.62. The first-order chi connectivity index (χ1) is 11.6. The Balaban J connectivity index is 1.79. The third-order valence-electron chi connectivity index (χ3n) is 3.67. The molecule has 0 aliphatic rings. The summed E-state index contributed by atoms with van der Waals surface area (Å²) in [6.45, 7) is 2.16. The van der Waals surface area contributed by atoms with E-state index < -0.39 is 0 Å². The first-order valence-electron chi connectivity index (χ1n) is 7.47. The van der Waals surface area contributed by atoms with Crippen molar-refractivity contribution in [3.05, 3.63) is 53.4 Å². The van der Waals surface area contributed by atoms with Crippen molar-refractivity contribution in [1.82, 2.24) is 10.3 Å². The first-order valence-corrected chi connectivity index (χ1v) is 7.47. The molecule has 0 saturated carbocycles. The predicted molar refractivity (Wildman–Crippen MR) is 89.5 cm³/mol. The minimum absolute atomic E-state index is 0.263. The zero-order valence-electron chi connectivity index (χ0n) is 13.8. The largest absolute Gasteiger partial charge is 0.496 e. The fourth-order valence-electron chi connectivity index (χ4n) is 2.54. The van der Waals surface area contributed by atoms with Crippen LogP contribution in [-0.2, 0) is 6.54 Å². The van der Waals surface area contributed by atoms with Gasteiger partial charge in [-0.05, 0) is 29.8 Å². The quantitative estimate of drug-likeness (QED) is 0.780. The maximum Gasteiger partial charge on any atom is 0.259 e. The van der Waals surface area contributed by atoms with Crippen molar-refractivity contribution in [2.24, 2.45) is 0 Å². The van der Waals surface area contributed by atoms with Crippen LogP contribution in [0.3, 0.4) is 0 Å². The van der Waals surface area contributed by atoms with E-state index >= 15 is 0 Å². The van der Waals surface area contributed by atoms with Gasteiger partial charge in [-0.15, -0.1) is 0 Å². The van der Waals surface area contributed by atoms with Gasteiger partial charge in [-0.1, -0.05) is 12.1 Å². The maximum atomic E-state index is 12.5. The molecule has 0 spiro atoms. The molecule has 0 aliphatic heterocycles. The van der Waals surface area contributed by atoms with Crippen LogP contribution in [0.15, 0.2) is 40.8 Å². The Morgan fingerprint density at radius 3 is 2.54 bits per heavy atom. The Bertz CT molecular complexity index is 864. The number of carbonyl (C=O) groups is 1. The second-order valence-electron chi connectivity index (χ2n) is 5.26. The molecule has 0 unspecified atom stereocenters. The van der Waals surface area contributed by atoms with Gasteiger partial charge in [0.05, 0.1) is 14.2 Å². The number of hydrogen-bond donors (Lipinski definition) is 1. The van der Waals surface area contributed by atoms with Gasteiger partial charge >= 0.3 is 0 Å². The number of nitrogens with zero attached hydrogens (tertiary/aromatic N) is 1. The molecule has 0 radical (unpaired) electrons. The number of aryl methyl sites for hydroxylation is 1. The van der Waals surface area contributed by atoms with Gasteiger partial charge in [0.15, 0.2) is 11.5 Å². The van der Waals surface area contributed by atoms with E-state index in [1.165, 1.54) is 14.2 Å². The van der Waals surface area contributed by atoms with Gasteiger partial charge in [0.25, 0.3) is 5.91 Å². The van der Waals surface area contributed by atoms with Crippen molar-refractivity contribution in [3.63, 3.8) is 0 Å². The van der Waals surface area contributed by atoms with E-state index in [1.807, 2.05) is 18.2 Å². The van der Waals surface area contributed by atoms with Crippen molar-refractivity contribution in [2.75, 3.05) is 14.2 Å². The highest BCUT2D eigenvalue weighted by molar-refractivity contribution is 5.99. The lowest BCUT2D eigenvalue weighted by Crippen LogP contribution is -2.24. The third-order valence-corrected chi connectivity index (χ3v) is 3.67. The molecular weight excluding hydrogens is 308 g/mol. The van der Waals surface area contributed by atoms with Gasteiger partial charge in [0.2, 0.25) is 0 Å². The van der Waals surface area contributed by atoms with Crippen LogP contribution in [0, 0.1) is 6.92 Å². The average molecular weight is 326 g/mol. The zero-order chi connectivity index (χ0) is 17.1. The third kappa shape index (κ3) is 3.03. The van der Waals surface area contributed by atoms with Crippen LogP contribution in [0.2, 0.25) is 0 Å². The molecule has 24 heavy (non-hydrogen) atoms. The van der Waals surface area contributed by atoms with Crippen molar-refractivity contribution in [3.8, 4) is 11.5 Å². The molecule has 0 atom stereocenters. The van der Waals surface area contributed by atoms with E-state index in [9.17, 15) is 4.79 Å². The van der Waals surface area contributed by atoms with Crippen molar-refractivity contribution >= 4 is 17.0 Å². The fraction of sp³-hybridized carbons (Fsp3) is 0.222. The summed E-state index contributed by atoms with van der Waals surface area (Å²) >= 11 is 0. The van der Waals surface area contributed by atoms with Gasteiger partial charge in [0, 0.05) is 13.5 Å². The predicted octanol–water partition coefficient (Wildman–Crippen LogP) is 3.08. The van der Waals surface area contributed by atoms with Crippen LogP contribution in [-0.4, -0.2) is 25.1 Å². The minimum Gasteiger partial charge on any atom is -0.496 e. The summed E-state index contributed by atoms with van der Waals surface area (Å²) < 4.78 is 16.0. The van der Waals surface area contributed by atoms with Crippen LogP contribution in [0.4, 0.5) is 0 Å². The molecule has 6 heteroatoms. The Morgan fingerprint density at radius 1 is 1.17 bits per heavy atom. The SMILES string of the molecule is COc1cccc(OC)c1C(=O)NCc1ccc2oc(C)nc2c1. The Kier molecular flexibility index (Phi) is 4.37. The number of nitrogens with one attached hydrogen (secondary N) is 1. The van der Waals surface area contributed by atoms with Crippen LogP contribution in [0.5, 0.6) is 11.5 Å². The number of hydrogen-bond acceptors (Lipinski definition) is 5. The van der Waals surface area contributed by atoms with Gasteiger partial charge in [0.1, 0.15) is 22.6 Å². The number of oxazole rings is 1. The molecule has 3 aromatic rings. The van der Waals surface area contributed by atoms with Crippen molar-refractivity contribution in [2.45, 2.75) is 13.5 Å².